The summed E-state index contributed by atoms with van der Waals surface area (Å²) in [6, 6.07) is 11.2. The second kappa shape index (κ2) is 7.10. The van der Waals surface area contributed by atoms with Crippen LogP contribution in [0.1, 0.15) is 24.7 Å². The maximum Gasteiger partial charge on any atom is 0.109 e. The number of aryl methyl sites for hydroxylation is 2. The van der Waals surface area contributed by atoms with Gasteiger partial charge in [-0.2, -0.15) is 0 Å². The van der Waals surface area contributed by atoms with Gasteiger partial charge in [-0.05, 0) is 25.3 Å². The summed E-state index contributed by atoms with van der Waals surface area (Å²) in [6.45, 7) is 3.24. The van der Waals surface area contributed by atoms with Gasteiger partial charge in [-0.15, -0.1) is 0 Å². The zero-order chi connectivity index (χ0) is 13.5. The van der Waals surface area contributed by atoms with Crippen LogP contribution in [0.4, 0.5) is 0 Å². The van der Waals surface area contributed by atoms with Gasteiger partial charge in [-0.3, -0.25) is 0 Å². The lowest BCUT2D eigenvalue weighted by Crippen LogP contribution is -2.29. The molecule has 1 aromatic carbocycles. The summed E-state index contributed by atoms with van der Waals surface area (Å²) in [5.41, 5.74) is 1.42. The molecule has 1 N–H and O–H groups in total. The molecule has 0 aliphatic carbocycles. The van der Waals surface area contributed by atoms with Crippen molar-refractivity contribution in [3.63, 3.8) is 0 Å². The van der Waals surface area contributed by atoms with E-state index in [9.17, 15) is 0 Å². The summed E-state index contributed by atoms with van der Waals surface area (Å²) < 4.78 is 2.08. The zero-order valence-corrected chi connectivity index (χ0v) is 11.8. The van der Waals surface area contributed by atoms with Crippen LogP contribution >= 0.6 is 0 Å². The van der Waals surface area contributed by atoms with Crippen LogP contribution in [0.2, 0.25) is 0 Å². The largest absolute Gasteiger partial charge is 0.338 e. The van der Waals surface area contributed by atoms with Crippen molar-refractivity contribution in [3.8, 4) is 0 Å². The van der Waals surface area contributed by atoms with Crippen molar-refractivity contribution in [3.05, 3.63) is 54.1 Å². The molecule has 0 radical (unpaired) electrons. The third kappa shape index (κ3) is 4.52. The molecule has 2 aromatic rings. The molecule has 3 heteroatoms. The van der Waals surface area contributed by atoms with E-state index in [1.165, 1.54) is 12.0 Å². The number of hydrogen-bond acceptors (Lipinski definition) is 2. The van der Waals surface area contributed by atoms with Crippen LogP contribution in [-0.4, -0.2) is 22.1 Å². The van der Waals surface area contributed by atoms with E-state index in [0.717, 1.165) is 25.2 Å². The fraction of sp³-hybridized carbons (Fsp3) is 0.438. The first-order valence-electron chi connectivity index (χ1n) is 6.99. The molecule has 0 aliphatic rings. The molecular weight excluding hydrogens is 234 g/mol. The van der Waals surface area contributed by atoms with Gasteiger partial charge in [0.25, 0.3) is 0 Å². The predicted molar refractivity (Wildman–Crippen MR) is 79.1 cm³/mol. The van der Waals surface area contributed by atoms with E-state index in [-0.39, 0.29) is 0 Å². The number of imidazole rings is 1. The summed E-state index contributed by atoms with van der Waals surface area (Å²) in [5.74, 6) is 1.14. The minimum Gasteiger partial charge on any atom is -0.338 e. The molecule has 0 saturated carbocycles. The number of nitrogens with one attached hydrogen (secondary N) is 1. The lowest BCUT2D eigenvalue weighted by molar-refractivity contribution is 0.511. The Morgan fingerprint density at radius 2 is 2.00 bits per heavy atom. The minimum absolute atomic E-state index is 0.542. The van der Waals surface area contributed by atoms with Crippen LogP contribution < -0.4 is 5.32 Å². The quantitative estimate of drug-likeness (QED) is 0.826. The standard InChI is InChI=1S/C16H23N3/c1-14(8-9-15-6-4-3-5-7-15)17-11-10-16-18-12-13-19(16)2/h3-7,12-14,17H,8-11H2,1-2H3. The first kappa shape index (κ1) is 13.8. The highest BCUT2D eigenvalue weighted by atomic mass is 15.0. The van der Waals surface area contributed by atoms with Gasteiger partial charge in [-0.25, -0.2) is 4.98 Å². The first-order valence-corrected chi connectivity index (χ1v) is 6.99. The van der Waals surface area contributed by atoms with Crippen molar-refractivity contribution in [1.29, 1.82) is 0 Å². The summed E-state index contributed by atoms with van der Waals surface area (Å²) in [4.78, 5) is 4.33. The number of hydrogen-bond donors (Lipinski definition) is 1. The Labute approximate surface area is 115 Å². The predicted octanol–water partition coefficient (Wildman–Crippen LogP) is 2.57. The Morgan fingerprint density at radius 1 is 1.21 bits per heavy atom. The van der Waals surface area contributed by atoms with Crippen molar-refractivity contribution in [2.45, 2.75) is 32.2 Å². The van der Waals surface area contributed by atoms with E-state index in [1.54, 1.807) is 0 Å². The van der Waals surface area contributed by atoms with E-state index >= 15 is 0 Å². The molecule has 0 aliphatic heterocycles. The summed E-state index contributed by atoms with van der Waals surface area (Å²) in [7, 11) is 2.04. The van der Waals surface area contributed by atoms with E-state index in [0.29, 0.717) is 6.04 Å². The molecule has 2 rings (SSSR count). The van der Waals surface area contributed by atoms with Gasteiger partial charge < -0.3 is 9.88 Å². The molecule has 102 valence electrons. The van der Waals surface area contributed by atoms with Gasteiger partial charge in [0, 0.05) is 38.4 Å². The Balaban J connectivity index is 1.65. The van der Waals surface area contributed by atoms with Gasteiger partial charge in [-0.1, -0.05) is 30.3 Å². The summed E-state index contributed by atoms with van der Waals surface area (Å²) in [5, 5.41) is 3.57. The average molecular weight is 257 g/mol. The fourth-order valence-electron chi connectivity index (χ4n) is 2.20. The summed E-state index contributed by atoms with van der Waals surface area (Å²) >= 11 is 0. The SMILES string of the molecule is CC(CCc1ccccc1)NCCc1nccn1C. The molecule has 19 heavy (non-hydrogen) atoms. The van der Waals surface area contributed by atoms with Crippen LogP contribution in [-0.2, 0) is 19.9 Å². The molecule has 0 saturated heterocycles. The number of rotatable bonds is 7. The Hall–Kier alpha value is -1.61. The lowest BCUT2D eigenvalue weighted by Gasteiger charge is -2.13. The second-order valence-electron chi connectivity index (χ2n) is 5.08. The molecule has 1 atom stereocenters. The lowest BCUT2D eigenvalue weighted by atomic mass is 10.1. The van der Waals surface area contributed by atoms with Crippen LogP contribution in [0.25, 0.3) is 0 Å². The highest BCUT2D eigenvalue weighted by molar-refractivity contribution is 5.14. The normalized spacial score (nSPS) is 12.5. The highest BCUT2D eigenvalue weighted by Crippen LogP contribution is 2.04. The molecule has 1 aromatic heterocycles. The van der Waals surface area contributed by atoms with Gasteiger partial charge in [0.15, 0.2) is 0 Å². The topological polar surface area (TPSA) is 29.9 Å². The minimum atomic E-state index is 0.542. The molecular formula is C16H23N3. The monoisotopic (exact) mass is 257 g/mol. The molecule has 0 bridgehead atoms. The molecule has 0 amide bonds. The molecule has 0 fully saturated rings. The Bertz CT molecular complexity index is 476. The smallest absolute Gasteiger partial charge is 0.109 e. The van der Waals surface area contributed by atoms with Gasteiger partial charge >= 0.3 is 0 Å². The van der Waals surface area contributed by atoms with Gasteiger partial charge in [0.2, 0.25) is 0 Å². The van der Waals surface area contributed by atoms with E-state index in [4.69, 9.17) is 0 Å². The maximum absolute atomic E-state index is 4.33. The number of benzene rings is 1. The highest BCUT2D eigenvalue weighted by Gasteiger charge is 2.03. The first-order chi connectivity index (χ1) is 9.25. The van der Waals surface area contributed by atoms with Crippen molar-refractivity contribution >= 4 is 0 Å². The van der Waals surface area contributed by atoms with E-state index in [1.807, 2.05) is 19.4 Å². The summed E-state index contributed by atoms with van der Waals surface area (Å²) in [6.07, 6.45) is 7.14. The number of aromatic nitrogens is 2. The fourth-order valence-corrected chi connectivity index (χ4v) is 2.20. The third-order valence-corrected chi connectivity index (χ3v) is 3.47. The van der Waals surface area contributed by atoms with Crippen LogP contribution in [0.15, 0.2) is 42.7 Å². The molecule has 3 nitrogen and oxygen atoms in total. The van der Waals surface area contributed by atoms with Gasteiger partial charge in [0.05, 0.1) is 0 Å². The Kier molecular flexibility index (Phi) is 5.16. The third-order valence-electron chi connectivity index (χ3n) is 3.47. The Morgan fingerprint density at radius 3 is 2.68 bits per heavy atom. The zero-order valence-electron chi connectivity index (χ0n) is 11.8. The van der Waals surface area contributed by atoms with Crippen LogP contribution in [0.3, 0.4) is 0 Å². The van der Waals surface area contributed by atoms with Crippen molar-refractivity contribution < 1.29 is 0 Å². The second-order valence-corrected chi connectivity index (χ2v) is 5.08. The van der Waals surface area contributed by atoms with Crippen LogP contribution in [0, 0.1) is 0 Å². The van der Waals surface area contributed by atoms with E-state index in [2.05, 4.69) is 52.1 Å². The number of nitrogens with zero attached hydrogens (tertiary/aromatic N) is 2. The molecule has 1 unspecified atom stereocenters. The van der Waals surface area contributed by atoms with Crippen LogP contribution in [0.5, 0.6) is 0 Å². The van der Waals surface area contributed by atoms with Gasteiger partial charge in [0.1, 0.15) is 5.82 Å². The maximum atomic E-state index is 4.33. The van der Waals surface area contributed by atoms with Crippen molar-refractivity contribution in [2.24, 2.45) is 7.05 Å². The van der Waals surface area contributed by atoms with E-state index < -0.39 is 0 Å². The van der Waals surface area contributed by atoms with Crippen molar-refractivity contribution in [2.75, 3.05) is 6.54 Å². The molecule has 1 heterocycles. The van der Waals surface area contributed by atoms with Crippen molar-refractivity contribution in [1.82, 2.24) is 14.9 Å². The molecule has 0 spiro atoms. The average Bonchev–Trinajstić information content (AvgIpc) is 2.83.